The van der Waals surface area contributed by atoms with Crippen LogP contribution >= 0.6 is 34.8 Å². The van der Waals surface area contributed by atoms with Crippen LogP contribution in [0.4, 0.5) is 5.69 Å². The first-order chi connectivity index (χ1) is 11.3. The van der Waals surface area contributed by atoms with Gasteiger partial charge in [0.05, 0.1) is 16.8 Å². The van der Waals surface area contributed by atoms with Crippen LogP contribution in [0.1, 0.15) is 26.7 Å². The Bertz CT molecular complexity index is 741. The fourth-order valence-corrected chi connectivity index (χ4v) is 2.89. The first-order valence-electron chi connectivity index (χ1n) is 7.41. The molecule has 1 aromatic carbocycles. The highest BCUT2D eigenvalue weighted by Crippen LogP contribution is 2.35. The monoisotopic (exact) mass is 386 g/mol. The average Bonchev–Trinajstić information content (AvgIpc) is 2.97. The number of anilines is 1. The minimum Gasteiger partial charge on any atom is -0.477 e. The zero-order valence-electron chi connectivity index (χ0n) is 13.3. The topological polar surface area (TPSA) is 52.9 Å². The van der Waals surface area contributed by atoms with Crippen molar-refractivity contribution in [3.63, 3.8) is 0 Å². The molecule has 1 heterocycles. The van der Waals surface area contributed by atoms with E-state index in [1.54, 1.807) is 23.2 Å². The van der Waals surface area contributed by atoms with Crippen molar-refractivity contribution in [1.29, 1.82) is 0 Å². The molecule has 0 radical (unpaired) electrons. The summed E-state index contributed by atoms with van der Waals surface area (Å²) < 4.78 is 0. The number of carboxylic acids is 1. The quantitative estimate of drug-likeness (QED) is 0.679. The second kappa shape index (κ2) is 8.06. The molecule has 0 aromatic heterocycles. The fourth-order valence-electron chi connectivity index (χ4n) is 2.33. The summed E-state index contributed by atoms with van der Waals surface area (Å²) in [5.41, 5.74) is 1.64. The lowest BCUT2D eigenvalue weighted by Gasteiger charge is -2.25. The Balaban J connectivity index is 2.41. The summed E-state index contributed by atoms with van der Waals surface area (Å²) in [6.45, 7) is 3.88. The van der Waals surface area contributed by atoms with E-state index >= 15 is 0 Å². The van der Waals surface area contributed by atoms with E-state index < -0.39 is 5.97 Å². The van der Waals surface area contributed by atoms with Crippen LogP contribution in [0, 0.1) is 0 Å². The highest BCUT2D eigenvalue weighted by Gasteiger charge is 2.33. The number of rotatable bonds is 5. The van der Waals surface area contributed by atoms with Gasteiger partial charge in [0.15, 0.2) is 0 Å². The van der Waals surface area contributed by atoms with Crippen LogP contribution in [0.15, 0.2) is 46.1 Å². The number of hydrazone groups is 1. The average molecular weight is 388 g/mol. The maximum atomic E-state index is 11.3. The smallest absolute Gasteiger partial charge is 0.352 e. The van der Waals surface area contributed by atoms with Gasteiger partial charge in [-0.3, -0.25) is 5.01 Å². The Kier molecular flexibility index (Phi) is 6.33. The van der Waals surface area contributed by atoms with Crippen molar-refractivity contribution in [3.05, 3.63) is 51.0 Å². The van der Waals surface area contributed by atoms with Gasteiger partial charge in [-0.2, -0.15) is 5.10 Å². The van der Waals surface area contributed by atoms with Crippen LogP contribution in [0.25, 0.3) is 0 Å². The number of halogens is 3. The summed E-state index contributed by atoms with van der Waals surface area (Å²) in [6, 6.07) is 4.79. The molecule has 1 unspecified atom stereocenters. The Morgan fingerprint density at radius 2 is 2.12 bits per heavy atom. The summed E-state index contributed by atoms with van der Waals surface area (Å²) in [4.78, 5) is 11.3. The number of carbonyl (C=O) groups is 1. The van der Waals surface area contributed by atoms with E-state index in [0.29, 0.717) is 15.7 Å². The second-order valence-electron chi connectivity index (χ2n) is 5.39. The lowest BCUT2D eigenvalue weighted by molar-refractivity contribution is -0.129. The van der Waals surface area contributed by atoms with Crippen LogP contribution in [0.2, 0.25) is 10.0 Å². The third kappa shape index (κ3) is 4.32. The van der Waals surface area contributed by atoms with E-state index in [0.717, 1.165) is 17.0 Å². The second-order valence-corrected chi connectivity index (χ2v) is 6.72. The van der Waals surface area contributed by atoms with Crippen LogP contribution in [0.3, 0.4) is 0 Å². The van der Waals surface area contributed by atoms with E-state index in [1.165, 1.54) is 0 Å². The molecule has 0 saturated heterocycles. The Labute approximate surface area is 156 Å². The van der Waals surface area contributed by atoms with Gasteiger partial charge in [0.2, 0.25) is 0 Å². The summed E-state index contributed by atoms with van der Waals surface area (Å²) in [5, 5.41) is 16.8. The molecule has 0 bridgehead atoms. The fraction of sp³-hybridized carbons (Fsp3) is 0.294. The Morgan fingerprint density at radius 3 is 2.71 bits per heavy atom. The van der Waals surface area contributed by atoms with Gasteiger partial charge < -0.3 is 5.11 Å². The molecule has 0 amide bonds. The molecular weight excluding hydrogens is 371 g/mol. The zero-order valence-corrected chi connectivity index (χ0v) is 15.5. The van der Waals surface area contributed by atoms with E-state index in [2.05, 4.69) is 5.10 Å². The number of allylic oxidation sites excluding steroid dienone is 3. The third-order valence-electron chi connectivity index (χ3n) is 3.70. The minimum absolute atomic E-state index is 0.0873. The van der Waals surface area contributed by atoms with Crippen LogP contribution in [-0.4, -0.2) is 22.8 Å². The molecule has 0 saturated carbocycles. The molecule has 0 aliphatic carbocycles. The molecule has 1 aliphatic rings. The van der Waals surface area contributed by atoms with Crippen molar-refractivity contribution in [1.82, 2.24) is 0 Å². The summed E-state index contributed by atoms with van der Waals surface area (Å²) in [7, 11) is 0. The molecular formula is C17H17Cl3N2O2. The van der Waals surface area contributed by atoms with E-state index in [1.807, 2.05) is 26.0 Å². The number of aliphatic carboxylic acids is 1. The van der Waals surface area contributed by atoms with Crippen molar-refractivity contribution in [2.75, 3.05) is 5.01 Å². The van der Waals surface area contributed by atoms with Gasteiger partial charge in [0, 0.05) is 16.5 Å². The van der Waals surface area contributed by atoms with Crippen molar-refractivity contribution in [3.8, 4) is 0 Å². The standard InChI is InChI=1S/C17H17Cl3N2O2/c1-3-11(18)5-4-10(2)16-9-14(17(23)24)21-22(16)15-7-6-12(19)8-13(15)20/h4-8,16H,3,9H2,1-2H3,(H,23,24)/b10-4+,11-5+. The molecule has 1 N–H and O–H groups in total. The van der Waals surface area contributed by atoms with Gasteiger partial charge in [-0.05, 0) is 43.2 Å². The Morgan fingerprint density at radius 1 is 1.42 bits per heavy atom. The van der Waals surface area contributed by atoms with E-state index in [-0.39, 0.29) is 18.2 Å². The van der Waals surface area contributed by atoms with Gasteiger partial charge in [0.25, 0.3) is 0 Å². The molecule has 4 nitrogen and oxygen atoms in total. The van der Waals surface area contributed by atoms with Crippen LogP contribution in [0.5, 0.6) is 0 Å². The summed E-state index contributed by atoms with van der Waals surface area (Å²) in [5.74, 6) is -1.04. The van der Waals surface area contributed by atoms with Crippen LogP contribution < -0.4 is 5.01 Å². The highest BCUT2D eigenvalue weighted by molar-refractivity contribution is 6.38. The van der Waals surface area contributed by atoms with Gasteiger partial charge in [-0.15, -0.1) is 0 Å². The SMILES string of the molecule is CC/C(Cl)=C\C=C(/C)C1CC(C(=O)O)=NN1c1ccc(Cl)cc1Cl. The van der Waals surface area contributed by atoms with Crippen molar-refractivity contribution in [2.24, 2.45) is 5.10 Å². The molecule has 0 fully saturated rings. The number of hydrogen-bond acceptors (Lipinski definition) is 3. The lowest BCUT2D eigenvalue weighted by atomic mass is 10.0. The molecule has 1 aliphatic heterocycles. The Hall–Kier alpha value is -1.49. The lowest BCUT2D eigenvalue weighted by Crippen LogP contribution is -2.28. The number of carboxylic acid groups (broad SMARTS) is 1. The minimum atomic E-state index is -1.04. The number of hydrogen-bond donors (Lipinski definition) is 1. The number of nitrogens with zero attached hydrogens (tertiary/aromatic N) is 2. The predicted octanol–water partition coefficient (Wildman–Crippen LogP) is 5.49. The van der Waals surface area contributed by atoms with Crippen molar-refractivity contribution < 1.29 is 9.90 Å². The van der Waals surface area contributed by atoms with Crippen molar-refractivity contribution >= 4 is 52.2 Å². The molecule has 0 spiro atoms. The van der Waals surface area contributed by atoms with Crippen molar-refractivity contribution in [2.45, 2.75) is 32.7 Å². The first kappa shape index (κ1) is 18.8. The highest BCUT2D eigenvalue weighted by atomic mass is 35.5. The zero-order chi connectivity index (χ0) is 17.9. The molecule has 2 rings (SSSR count). The largest absolute Gasteiger partial charge is 0.477 e. The van der Waals surface area contributed by atoms with Gasteiger partial charge in [0.1, 0.15) is 5.71 Å². The van der Waals surface area contributed by atoms with Crippen LogP contribution in [-0.2, 0) is 4.79 Å². The summed E-state index contributed by atoms with van der Waals surface area (Å²) >= 11 is 18.2. The van der Waals surface area contributed by atoms with E-state index in [4.69, 9.17) is 34.8 Å². The maximum Gasteiger partial charge on any atom is 0.352 e. The number of benzene rings is 1. The maximum absolute atomic E-state index is 11.3. The van der Waals surface area contributed by atoms with Gasteiger partial charge in [-0.1, -0.05) is 47.8 Å². The van der Waals surface area contributed by atoms with Gasteiger partial charge >= 0.3 is 5.97 Å². The molecule has 1 aromatic rings. The summed E-state index contributed by atoms with van der Waals surface area (Å²) in [6.07, 6.45) is 4.72. The molecule has 24 heavy (non-hydrogen) atoms. The normalized spacial score (nSPS) is 18.8. The molecule has 128 valence electrons. The predicted molar refractivity (Wildman–Crippen MR) is 100 cm³/mol. The molecule has 1 atom stereocenters. The van der Waals surface area contributed by atoms with E-state index in [9.17, 15) is 9.90 Å². The molecule has 7 heteroatoms. The first-order valence-corrected chi connectivity index (χ1v) is 8.54. The third-order valence-corrected chi connectivity index (χ3v) is 4.64. The van der Waals surface area contributed by atoms with Gasteiger partial charge in [-0.25, -0.2) is 4.79 Å².